The highest BCUT2D eigenvalue weighted by atomic mass is 79.9. The minimum atomic E-state index is -0.927. The van der Waals surface area contributed by atoms with Gasteiger partial charge in [-0.15, -0.1) is 0 Å². The van der Waals surface area contributed by atoms with Crippen molar-refractivity contribution in [1.29, 1.82) is 0 Å². The van der Waals surface area contributed by atoms with E-state index < -0.39 is 34.5 Å². The Balaban J connectivity index is 2.35. The normalized spacial score (nSPS) is 32.9. The van der Waals surface area contributed by atoms with Crippen molar-refractivity contribution in [2.75, 3.05) is 6.61 Å². The number of aliphatic hydroxyl groups excluding tert-OH is 2. The molecule has 0 bridgehead atoms. The largest absolute Gasteiger partial charge is 0.394 e. The van der Waals surface area contributed by atoms with Gasteiger partial charge in [0.2, 0.25) is 0 Å². The standard InChI is InChI=1S/C9H11BrN2O5/c10-6-7(15)4(3-13)17-8(6)12-2-1-5(14)11-9(12)16/h1-2,4,6-8,13,15H,3H2,(H,11,14,16)/t4-,6+,7-,8-/m1/s1. The van der Waals surface area contributed by atoms with Gasteiger partial charge in [-0.3, -0.25) is 14.3 Å². The van der Waals surface area contributed by atoms with Crippen molar-refractivity contribution in [3.63, 3.8) is 0 Å². The van der Waals surface area contributed by atoms with E-state index in [9.17, 15) is 14.7 Å². The van der Waals surface area contributed by atoms with Gasteiger partial charge in [0.1, 0.15) is 6.10 Å². The van der Waals surface area contributed by atoms with Crippen LogP contribution in [0.1, 0.15) is 6.23 Å². The Kier molecular flexibility index (Phi) is 3.48. The van der Waals surface area contributed by atoms with Gasteiger partial charge in [-0.1, -0.05) is 15.9 Å². The number of aromatic amines is 1. The van der Waals surface area contributed by atoms with Crippen LogP contribution < -0.4 is 11.2 Å². The number of aliphatic hydroxyl groups is 2. The molecule has 0 aromatic carbocycles. The molecular formula is C9H11BrN2O5. The summed E-state index contributed by atoms with van der Waals surface area (Å²) < 4.78 is 6.49. The molecule has 0 radical (unpaired) electrons. The van der Waals surface area contributed by atoms with Crippen LogP contribution in [0.15, 0.2) is 21.9 Å². The minimum absolute atomic E-state index is 0.349. The Morgan fingerprint density at radius 3 is 2.76 bits per heavy atom. The van der Waals surface area contributed by atoms with Gasteiger partial charge in [-0.25, -0.2) is 4.79 Å². The van der Waals surface area contributed by atoms with E-state index in [2.05, 4.69) is 20.9 Å². The highest BCUT2D eigenvalue weighted by Crippen LogP contribution is 2.33. The molecule has 0 unspecified atom stereocenters. The zero-order valence-corrected chi connectivity index (χ0v) is 10.2. The molecule has 1 aliphatic heterocycles. The van der Waals surface area contributed by atoms with Crippen LogP contribution in [-0.2, 0) is 4.74 Å². The molecule has 0 saturated carbocycles. The number of rotatable bonds is 2. The zero-order valence-electron chi connectivity index (χ0n) is 8.62. The molecule has 8 heteroatoms. The van der Waals surface area contributed by atoms with Crippen LogP contribution in [-0.4, -0.2) is 43.4 Å². The maximum absolute atomic E-state index is 11.5. The molecule has 3 N–H and O–H groups in total. The summed E-state index contributed by atoms with van der Waals surface area (Å²) in [6.45, 7) is -0.349. The molecule has 7 nitrogen and oxygen atoms in total. The van der Waals surface area contributed by atoms with Crippen LogP contribution in [0, 0.1) is 0 Å². The molecular weight excluding hydrogens is 296 g/mol. The van der Waals surface area contributed by atoms with Crippen molar-refractivity contribution < 1.29 is 14.9 Å². The molecule has 1 aromatic heterocycles. The smallest absolute Gasteiger partial charge is 0.330 e. The van der Waals surface area contributed by atoms with Crippen LogP contribution in [0.4, 0.5) is 0 Å². The number of H-pyrrole nitrogens is 1. The quantitative estimate of drug-likeness (QED) is 0.580. The Morgan fingerprint density at radius 1 is 1.53 bits per heavy atom. The first-order valence-electron chi connectivity index (χ1n) is 4.94. The molecule has 17 heavy (non-hydrogen) atoms. The Morgan fingerprint density at radius 2 is 2.24 bits per heavy atom. The Hall–Kier alpha value is -0.960. The van der Waals surface area contributed by atoms with Crippen molar-refractivity contribution in [3.05, 3.63) is 33.1 Å². The SMILES string of the molecule is O=c1ccn([C@@H]2O[C@H](CO)[C@@H](O)[C@@H]2Br)c(=O)[nH]1. The number of nitrogens with zero attached hydrogens (tertiary/aromatic N) is 1. The van der Waals surface area contributed by atoms with Gasteiger partial charge in [-0.05, 0) is 0 Å². The fraction of sp³-hybridized carbons (Fsp3) is 0.556. The van der Waals surface area contributed by atoms with Gasteiger partial charge in [0, 0.05) is 12.3 Å². The number of aromatic nitrogens is 2. The van der Waals surface area contributed by atoms with E-state index in [-0.39, 0.29) is 6.61 Å². The number of halogens is 1. The zero-order chi connectivity index (χ0) is 12.6. The molecule has 1 aromatic rings. The topological polar surface area (TPSA) is 105 Å². The summed E-state index contributed by atoms with van der Waals surface area (Å²) >= 11 is 3.20. The van der Waals surface area contributed by atoms with E-state index >= 15 is 0 Å². The summed E-state index contributed by atoms with van der Waals surface area (Å²) in [4.78, 5) is 24.0. The Labute approximate surface area is 104 Å². The van der Waals surface area contributed by atoms with E-state index in [0.29, 0.717) is 0 Å². The number of alkyl halides is 1. The van der Waals surface area contributed by atoms with E-state index in [0.717, 1.165) is 4.57 Å². The van der Waals surface area contributed by atoms with E-state index in [4.69, 9.17) is 9.84 Å². The highest BCUT2D eigenvalue weighted by molar-refractivity contribution is 9.09. The number of nitrogens with one attached hydrogen (secondary N) is 1. The maximum Gasteiger partial charge on any atom is 0.330 e. The lowest BCUT2D eigenvalue weighted by atomic mass is 10.2. The summed E-state index contributed by atoms with van der Waals surface area (Å²) in [5, 5.41) is 18.7. The molecule has 1 aliphatic rings. The third-order valence-corrected chi connectivity index (χ3v) is 3.59. The lowest BCUT2D eigenvalue weighted by molar-refractivity contribution is -0.0456. The van der Waals surface area contributed by atoms with Crippen LogP contribution in [0.5, 0.6) is 0 Å². The summed E-state index contributed by atoms with van der Waals surface area (Å²) in [7, 11) is 0. The third kappa shape index (κ3) is 2.21. The lowest BCUT2D eigenvalue weighted by Gasteiger charge is -2.16. The van der Waals surface area contributed by atoms with Gasteiger partial charge < -0.3 is 14.9 Å². The molecule has 2 rings (SSSR count). The number of hydrogen-bond donors (Lipinski definition) is 3. The predicted molar refractivity (Wildman–Crippen MR) is 61.0 cm³/mol. The first-order chi connectivity index (χ1) is 8.04. The van der Waals surface area contributed by atoms with Gasteiger partial charge in [0.25, 0.3) is 5.56 Å². The van der Waals surface area contributed by atoms with Crippen molar-refractivity contribution in [3.8, 4) is 0 Å². The molecule has 4 atom stereocenters. The fourth-order valence-corrected chi connectivity index (χ4v) is 2.43. The van der Waals surface area contributed by atoms with Crippen molar-refractivity contribution in [2.45, 2.75) is 23.3 Å². The summed E-state index contributed by atoms with van der Waals surface area (Å²) in [5.74, 6) is 0. The molecule has 1 saturated heterocycles. The Bertz CT molecular complexity index is 513. The number of hydrogen-bond acceptors (Lipinski definition) is 5. The highest BCUT2D eigenvalue weighted by Gasteiger charge is 2.43. The molecule has 0 aliphatic carbocycles. The monoisotopic (exact) mass is 306 g/mol. The molecule has 0 amide bonds. The predicted octanol–water partition coefficient (Wildman–Crippen LogP) is -1.45. The summed E-state index contributed by atoms with van der Waals surface area (Å²) in [6, 6.07) is 1.18. The number of ether oxygens (including phenoxy) is 1. The first-order valence-corrected chi connectivity index (χ1v) is 5.86. The fourth-order valence-electron chi connectivity index (χ4n) is 1.71. The second-order valence-electron chi connectivity index (χ2n) is 3.70. The van der Waals surface area contributed by atoms with Gasteiger partial charge in [0.05, 0.1) is 17.5 Å². The van der Waals surface area contributed by atoms with E-state index in [1.807, 2.05) is 0 Å². The van der Waals surface area contributed by atoms with Crippen LogP contribution in [0.2, 0.25) is 0 Å². The van der Waals surface area contributed by atoms with E-state index in [1.165, 1.54) is 12.3 Å². The average molecular weight is 307 g/mol. The lowest BCUT2D eigenvalue weighted by Crippen LogP contribution is -2.35. The minimum Gasteiger partial charge on any atom is -0.394 e. The average Bonchev–Trinajstić information content (AvgIpc) is 2.57. The van der Waals surface area contributed by atoms with Gasteiger partial charge in [0.15, 0.2) is 6.23 Å². The van der Waals surface area contributed by atoms with Crippen molar-refractivity contribution in [1.82, 2.24) is 9.55 Å². The van der Waals surface area contributed by atoms with Crippen LogP contribution >= 0.6 is 15.9 Å². The van der Waals surface area contributed by atoms with Crippen LogP contribution in [0.3, 0.4) is 0 Å². The molecule has 94 valence electrons. The molecule has 1 fully saturated rings. The molecule has 2 heterocycles. The maximum atomic E-state index is 11.5. The summed E-state index contributed by atoms with van der Waals surface area (Å²) in [6.07, 6.45) is -1.18. The van der Waals surface area contributed by atoms with Crippen molar-refractivity contribution >= 4 is 15.9 Å². The van der Waals surface area contributed by atoms with E-state index in [1.54, 1.807) is 0 Å². The van der Waals surface area contributed by atoms with Crippen LogP contribution in [0.25, 0.3) is 0 Å². The van der Waals surface area contributed by atoms with Crippen molar-refractivity contribution in [2.24, 2.45) is 0 Å². The second-order valence-corrected chi connectivity index (χ2v) is 4.76. The van der Waals surface area contributed by atoms with Gasteiger partial charge in [-0.2, -0.15) is 0 Å². The summed E-state index contributed by atoms with van der Waals surface area (Å²) in [5.41, 5.74) is -1.13. The van der Waals surface area contributed by atoms with Gasteiger partial charge >= 0.3 is 5.69 Å². The first kappa shape index (κ1) is 12.5. The molecule has 0 spiro atoms. The second kappa shape index (κ2) is 4.73. The third-order valence-electron chi connectivity index (χ3n) is 2.60.